The largest absolute Gasteiger partial charge is 0.472 e. The zero-order chi connectivity index (χ0) is 17.1. The van der Waals surface area contributed by atoms with Crippen LogP contribution in [0, 0.1) is 0 Å². The molecule has 1 unspecified atom stereocenters. The number of benzene rings is 1. The molecule has 1 atom stereocenters. The van der Waals surface area contributed by atoms with Gasteiger partial charge in [0.25, 0.3) is 0 Å². The van der Waals surface area contributed by atoms with Crippen LogP contribution in [0.3, 0.4) is 0 Å². The first kappa shape index (κ1) is 16.1. The third-order valence-electron chi connectivity index (χ3n) is 4.85. The van der Waals surface area contributed by atoms with E-state index in [2.05, 4.69) is 38.7 Å². The Labute approximate surface area is 147 Å². The second-order valence-corrected chi connectivity index (χ2v) is 6.52. The van der Waals surface area contributed by atoms with Crippen molar-refractivity contribution in [3.8, 4) is 0 Å². The van der Waals surface area contributed by atoms with Crippen molar-refractivity contribution in [1.82, 2.24) is 14.5 Å². The molecule has 0 bridgehead atoms. The minimum absolute atomic E-state index is 0.267. The molecule has 0 aliphatic carbocycles. The van der Waals surface area contributed by atoms with E-state index in [-0.39, 0.29) is 5.92 Å². The molecule has 3 heterocycles. The summed E-state index contributed by atoms with van der Waals surface area (Å²) in [7, 11) is 1.74. The van der Waals surface area contributed by atoms with E-state index in [0.717, 1.165) is 32.0 Å². The number of nitrogens with zero attached hydrogens (tertiary/aromatic N) is 3. The van der Waals surface area contributed by atoms with Crippen molar-refractivity contribution in [3.63, 3.8) is 0 Å². The fraction of sp³-hybridized carbons (Fsp3) is 0.350. The molecule has 4 rings (SSSR count). The summed E-state index contributed by atoms with van der Waals surface area (Å²) in [5.74, 6) is 1.38. The molecule has 0 N–H and O–H groups in total. The Hall–Kier alpha value is -2.37. The average molecular weight is 337 g/mol. The Morgan fingerprint density at radius 2 is 2.20 bits per heavy atom. The van der Waals surface area contributed by atoms with Crippen LogP contribution in [0.25, 0.3) is 0 Å². The van der Waals surface area contributed by atoms with Gasteiger partial charge in [-0.3, -0.25) is 4.90 Å². The second-order valence-electron chi connectivity index (χ2n) is 6.52. The van der Waals surface area contributed by atoms with Crippen molar-refractivity contribution in [2.24, 2.45) is 0 Å². The first-order valence-electron chi connectivity index (χ1n) is 8.66. The lowest BCUT2D eigenvalue weighted by molar-refractivity contribution is 0.184. The summed E-state index contributed by atoms with van der Waals surface area (Å²) >= 11 is 0. The molecule has 0 saturated carbocycles. The van der Waals surface area contributed by atoms with E-state index in [9.17, 15) is 0 Å². The number of rotatable bonds is 6. The van der Waals surface area contributed by atoms with Gasteiger partial charge >= 0.3 is 0 Å². The van der Waals surface area contributed by atoms with E-state index in [1.165, 1.54) is 16.7 Å². The van der Waals surface area contributed by atoms with Gasteiger partial charge in [-0.05, 0) is 17.2 Å². The highest BCUT2D eigenvalue weighted by Gasteiger charge is 2.29. The molecule has 3 aromatic rings. The zero-order valence-electron chi connectivity index (χ0n) is 14.5. The lowest BCUT2D eigenvalue weighted by Crippen LogP contribution is -2.34. The maximum Gasteiger partial charge on any atom is 0.117 e. The van der Waals surface area contributed by atoms with E-state index in [4.69, 9.17) is 9.15 Å². The Bertz CT molecular complexity index is 810. The molecule has 0 fully saturated rings. The second kappa shape index (κ2) is 7.25. The van der Waals surface area contributed by atoms with Crippen LogP contribution in [0.2, 0.25) is 0 Å². The van der Waals surface area contributed by atoms with Gasteiger partial charge in [0.1, 0.15) is 5.82 Å². The molecule has 25 heavy (non-hydrogen) atoms. The number of furan rings is 1. The van der Waals surface area contributed by atoms with E-state index in [1.54, 1.807) is 13.4 Å². The van der Waals surface area contributed by atoms with Crippen molar-refractivity contribution >= 4 is 0 Å². The minimum atomic E-state index is 0.267. The molecule has 0 radical (unpaired) electrons. The fourth-order valence-electron chi connectivity index (χ4n) is 3.67. The van der Waals surface area contributed by atoms with Gasteiger partial charge in [0.05, 0.1) is 25.1 Å². The number of aromatic nitrogens is 2. The van der Waals surface area contributed by atoms with E-state index < -0.39 is 0 Å². The monoisotopic (exact) mass is 337 g/mol. The first-order chi connectivity index (χ1) is 12.3. The standard InChI is InChI=1S/C20H23N3O2/c1-24-11-9-23-8-7-21-20(23)19-14-22(12-16-6-10-25-15-16)13-17-4-2-3-5-18(17)19/h2-8,10,15,19H,9,11-14H2,1H3. The maximum absolute atomic E-state index is 5.25. The number of fused-ring (bicyclic) bond motifs is 1. The van der Waals surface area contributed by atoms with Gasteiger partial charge in [-0.25, -0.2) is 4.98 Å². The maximum atomic E-state index is 5.25. The van der Waals surface area contributed by atoms with Crippen LogP contribution < -0.4 is 0 Å². The summed E-state index contributed by atoms with van der Waals surface area (Å²) in [5.41, 5.74) is 3.97. The van der Waals surface area contributed by atoms with E-state index in [0.29, 0.717) is 6.61 Å². The fourth-order valence-corrected chi connectivity index (χ4v) is 3.67. The summed E-state index contributed by atoms with van der Waals surface area (Å²) in [5, 5.41) is 0. The number of hydrogen-bond acceptors (Lipinski definition) is 4. The smallest absolute Gasteiger partial charge is 0.117 e. The highest BCUT2D eigenvalue weighted by molar-refractivity contribution is 5.37. The Morgan fingerprint density at radius 3 is 3.04 bits per heavy atom. The number of hydrogen-bond donors (Lipinski definition) is 0. The van der Waals surface area contributed by atoms with Gasteiger partial charge in [-0.2, -0.15) is 0 Å². The van der Waals surface area contributed by atoms with Crippen molar-refractivity contribution in [2.45, 2.75) is 25.6 Å². The summed E-state index contributed by atoms with van der Waals surface area (Å²) in [6.07, 6.45) is 7.51. The number of methoxy groups -OCH3 is 1. The predicted molar refractivity (Wildman–Crippen MR) is 95.2 cm³/mol. The lowest BCUT2D eigenvalue weighted by atomic mass is 9.89. The third-order valence-corrected chi connectivity index (χ3v) is 4.85. The van der Waals surface area contributed by atoms with Crippen molar-refractivity contribution in [3.05, 3.63) is 77.8 Å². The summed E-state index contributed by atoms with van der Waals surface area (Å²) < 4.78 is 12.7. The molecule has 1 aliphatic heterocycles. The Kier molecular flexibility index (Phi) is 4.68. The van der Waals surface area contributed by atoms with E-state index in [1.807, 2.05) is 24.7 Å². The van der Waals surface area contributed by atoms with Crippen LogP contribution in [0.15, 0.2) is 59.7 Å². The number of ether oxygens (including phenoxy) is 1. The molecule has 0 spiro atoms. The van der Waals surface area contributed by atoms with Crippen LogP contribution in [0.5, 0.6) is 0 Å². The van der Waals surface area contributed by atoms with Gasteiger partial charge in [0.15, 0.2) is 0 Å². The summed E-state index contributed by atoms with van der Waals surface area (Å²) in [6.45, 7) is 4.31. The van der Waals surface area contributed by atoms with E-state index >= 15 is 0 Å². The molecule has 1 aromatic carbocycles. The van der Waals surface area contributed by atoms with Crippen LogP contribution in [-0.4, -0.2) is 34.7 Å². The van der Waals surface area contributed by atoms with Crippen LogP contribution in [0.4, 0.5) is 0 Å². The topological polar surface area (TPSA) is 43.4 Å². The van der Waals surface area contributed by atoms with Crippen molar-refractivity contribution < 1.29 is 9.15 Å². The molecule has 5 nitrogen and oxygen atoms in total. The molecule has 130 valence electrons. The molecule has 0 amide bonds. The van der Waals surface area contributed by atoms with Crippen molar-refractivity contribution in [1.29, 1.82) is 0 Å². The van der Waals surface area contributed by atoms with Crippen LogP contribution in [-0.2, 0) is 24.4 Å². The molecular formula is C20H23N3O2. The van der Waals surface area contributed by atoms with Gasteiger partial charge in [-0.1, -0.05) is 24.3 Å². The van der Waals surface area contributed by atoms with Crippen LogP contribution >= 0.6 is 0 Å². The zero-order valence-corrected chi connectivity index (χ0v) is 14.5. The molecular weight excluding hydrogens is 314 g/mol. The third kappa shape index (κ3) is 3.38. The summed E-state index contributed by atoms with van der Waals surface area (Å²) in [4.78, 5) is 7.15. The van der Waals surface area contributed by atoms with Gasteiger partial charge < -0.3 is 13.7 Å². The lowest BCUT2D eigenvalue weighted by Gasteiger charge is -2.34. The minimum Gasteiger partial charge on any atom is -0.472 e. The highest BCUT2D eigenvalue weighted by atomic mass is 16.5. The highest BCUT2D eigenvalue weighted by Crippen LogP contribution is 2.33. The Balaban J connectivity index is 1.64. The average Bonchev–Trinajstić information content (AvgIpc) is 3.31. The van der Waals surface area contributed by atoms with Crippen molar-refractivity contribution in [2.75, 3.05) is 20.3 Å². The van der Waals surface area contributed by atoms with Gasteiger partial charge in [-0.15, -0.1) is 0 Å². The number of imidazole rings is 1. The SMILES string of the molecule is COCCn1ccnc1C1CN(Cc2ccoc2)Cc2ccccc21. The molecule has 5 heteroatoms. The van der Waals surface area contributed by atoms with Crippen LogP contribution in [0.1, 0.15) is 28.4 Å². The Morgan fingerprint density at radius 1 is 1.28 bits per heavy atom. The molecule has 2 aromatic heterocycles. The summed E-state index contributed by atoms with van der Waals surface area (Å²) in [6, 6.07) is 10.8. The van der Waals surface area contributed by atoms with Gasteiger partial charge in [0.2, 0.25) is 0 Å². The molecule has 0 saturated heterocycles. The first-order valence-corrected chi connectivity index (χ1v) is 8.66. The predicted octanol–water partition coefficient (Wildman–Crippen LogP) is 3.27. The normalized spacial score (nSPS) is 17.6. The quantitative estimate of drug-likeness (QED) is 0.692. The van der Waals surface area contributed by atoms with Gasteiger partial charge in [0, 0.05) is 51.2 Å². The molecule has 1 aliphatic rings.